The van der Waals surface area contributed by atoms with Crippen LogP contribution in [0.25, 0.3) is 10.8 Å². The maximum atomic E-state index is 12.0. The summed E-state index contributed by atoms with van der Waals surface area (Å²) in [6.07, 6.45) is 6.75. The first-order chi connectivity index (χ1) is 12.7. The van der Waals surface area contributed by atoms with E-state index in [4.69, 9.17) is 0 Å². The van der Waals surface area contributed by atoms with Crippen LogP contribution in [-0.4, -0.2) is 23.5 Å². The summed E-state index contributed by atoms with van der Waals surface area (Å²) in [7, 11) is 0. The van der Waals surface area contributed by atoms with Crippen molar-refractivity contribution in [2.24, 2.45) is 0 Å². The smallest absolute Gasteiger partial charge is 0.251 e. The first-order valence-electron chi connectivity index (χ1n) is 9.20. The lowest BCUT2D eigenvalue weighted by Gasteiger charge is -2.23. The number of pyridine rings is 1. The van der Waals surface area contributed by atoms with Crippen LogP contribution in [0.3, 0.4) is 0 Å². The molecule has 4 heteroatoms. The number of nitrogens with one attached hydrogen (secondary N) is 2. The molecule has 1 aliphatic rings. The molecule has 0 saturated carbocycles. The number of amides is 1. The fourth-order valence-corrected chi connectivity index (χ4v) is 3.69. The molecule has 1 amide bonds. The van der Waals surface area contributed by atoms with E-state index in [2.05, 4.69) is 46.8 Å². The van der Waals surface area contributed by atoms with E-state index in [1.807, 2.05) is 30.6 Å². The van der Waals surface area contributed by atoms with E-state index < -0.39 is 0 Å². The Morgan fingerprint density at radius 2 is 2.04 bits per heavy atom. The van der Waals surface area contributed by atoms with E-state index in [-0.39, 0.29) is 5.91 Å². The lowest BCUT2D eigenvalue weighted by Crippen LogP contribution is -2.32. The summed E-state index contributed by atoms with van der Waals surface area (Å²) in [4.78, 5) is 16.4. The van der Waals surface area contributed by atoms with Gasteiger partial charge in [-0.15, -0.1) is 0 Å². The van der Waals surface area contributed by atoms with Crippen LogP contribution in [-0.2, 0) is 12.8 Å². The van der Waals surface area contributed by atoms with Crippen molar-refractivity contribution in [3.63, 3.8) is 0 Å². The quantitative estimate of drug-likeness (QED) is 0.736. The van der Waals surface area contributed by atoms with Gasteiger partial charge in [-0.05, 0) is 54.8 Å². The molecule has 4 rings (SSSR count). The molecule has 3 aromatic rings. The first-order valence-corrected chi connectivity index (χ1v) is 9.20. The molecule has 2 aromatic carbocycles. The van der Waals surface area contributed by atoms with Crippen molar-refractivity contribution in [3.8, 4) is 0 Å². The van der Waals surface area contributed by atoms with Crippen LogP contribution in [0.5, 0.6) is 0 Å². The van der Waals surface area contributed by atoms with E-state index in [0.29, 0.717) is 12.6 Å². The van der Waals surface area contributed by atoms with Crippen molar-refractivity contribution in [3.05, 3.63) is 71.5 Å². The predicted octanol–water partition coefficient (Wildman–Crippen LogP) is 3.95. The Labute approximate surface area is 153 Å². The van der Waals surface area contributed by atoms with Crippen molar-refractivity contribution in [1.29, 1.82) is 0 Å². The minimum absolute atomic E-state index is 0.0318. The van der Waals surface area contributed by atoms with Crippen molar-refractivity contribution in [2.75, 3.05) is 11.9 Å². The number of nitrogens with zero attached hydrogens (tertiary/aromatic N) is 1. The van der Waals surface area contributed by atoms with Gasteiger partial charge in [0.1, 0.15) is 0 Å². The fraction of sp³-hybridized carbons (Fsp3) is 0.273. The lowest BCUT2D eigenvalue weighted by atomic mass is 9.97. The van der Waals surface area contributed by atoms with Gasteiger partial charge in [0.15, 0.2) is 0 Å². The summed E-state index contributed by atoms with van der Waals surface area (Å²) < 4.78 is 0. The van der Waals surface area contributed by atoms with Crippen LogP contribution in [0.4, 0.5) is 5.69 Å². The summed E-state index contributed by atoms with van der Waals surface area (Å²) >= 11 is 0. The number of carbonyl (C=O) groups excluding carboxylic acids is 1. The molecule has 4 nitrogen and oxygen atoms in total. The van der Waals surface area contributed by atoms with Gasteiger partial charge in [-0.3, -0.25) is 9.78 Å². The minimum Gasteiger partial charge on any atom is -0.382 e. The number of fused-ring (bicyclic) bond motifs is 2. The SMILES string of the molecule is CC(CCc1cncc2ccccc12)Nc1cccc2c1CCNC2=O. The van der Waals surface area contributed by atoms with Crippen molar-refractivity contribution in [2.45, 2.75) is 32.2 Å². The molecule has 0 bridgehead atoms. The van der Waals surface area contributed by atoms with Gasteiger partial charge in [-0.1, -0.05) is 30.3 Å². The van der Waals surface area contributed by atoms with Crippen LogP contribution in [0.1, 0.15) is 34.8 Å². The van der Waals surface area contributed by atoms with Crippen LogP contribution in [0, 0.1) is 0 Å². The Bertz CT molecular complexity index is 946. The summed E-state index contributed by atoms with van der Waals surface area (Å²) in [6, 6.07) is 14.6. The molecule has 132 valence electrons. The highest BCUT2D eigenvalue weighted by molar-refractivity contribution is 5.98. The number of hydrogen-bond acceptors (Lipinski definition) is 3. The van der Waals surface area contributed by atoms with Crippen LogP contribution >= 0.6 is 0 Å². The number of rotatable bonds is 5. The summed E-state index contributed by atoms with van der Waals surface area (Å²) in [6.45, 7) is 2.90. The zero-order valence-corrected chi connectivity index (χ0v) is 15.0. The van der Waals surface area contributed by atoms with Crippen molar-refractivity contribution >= 4 is 22.4 Å². The third-order valence-corrected chi connectivity index (χ3v) is 5.08. The second-order valence-electron chi connectivity index (χ2n) is 6.94. The highest BCUT2D eigenvalue weighted by Gasteiger charge is 2.19. The average molecular weight is 345 g/mol. The van der Waals surface area contributed by atoms with E-state index in [1.54, 1.807) is 0 Å². The van der Waals surface area contributed by atoms with Crippen molar-refractivity contribution < 1.29 is 4.79 Å². The van der Waals surface area contributed by atoms with Gasteiger partial charge >= 0.3 is 0 Å². The Kier molecular flexibility index (Phi) is 4.57. The number of anilines is 1. The Hall–Kier alpha value is -2.88. The molecular weight excluding hydrogens is 322 g/mol. The molecule has 0 spiro atoms. The number of hydrogen-bond donors (Lipinski definition) is 2. The Morgan fingerprint density at radius 1 is 1.15 bits per heavy atom. The molecule has 1 aliphatic heterocycles. The molecule has 2 N–H and O–H groups in total. The molecular formula is C22H23N3O. The van der Waals surface area contributed by atoms with Gasteiger partial charge in [0.05, 0.1) is 0 Å². The third-order valence-electron chi connectivity index (χ3n) is 5.08. The van der Waals surface area contributed by atoms with Crippen LogP contribution < -0.4 is 10.6 Å². The topological polar surface area (TPSA) is 54.0 Å². The summed E-state index contributed by atoms with van der Waals surface area (Å²) in [5.74, 6) is 0.0318. The molecule has 1 unspecified atom stereocenters. The van der Waals surface area contributed by atoms with Crippen molar-refractivity contribution in [1.82, 2.24) is 10.3 Å². The molecule has 1 aromatic heterocycles. The molecule has 0 saturated heterocycles. The molecule has 0 fully saturated rings. The Balaban J connectivity index is 1.47. The number of carbonyl (C=O) groups is 1. The zero-order valence-electron chi connectivity index (χ0n) is 15.0. The van der Waals surface area contributed by atoms with Gasteiger partial charge < -0.3 is 10.6 Å². The number of aromatic nitrogens is 1. The van der Waals surface area contributed by atoms with E-state index in [0.717, 1.165) is 36.1 Å². The fourth-order valence-electron chi connectivity index (χ4n) is 3.69. The normalized spacial score (nSPS) is 14.6. The van der Waals surface area contributed by atoms with Gasteiger partial charge in [0.25, 0.3) is 5.91 Å². The summed E-state index contributed by atoms with van der Waals surface area (Å²) in [5.41, 5.74) is 4.30. The monoisotopic (exact) mass is 345 g/mol. The van der Waals surface area contributed by atoms with Crippen LogP contribution in [0.15, 0.2) is 54.9 Å². The number of benzene rings is 2. The molecule has 0 aliphatic carbocycles. The third kappa shape index (κ3) is 3.27. The zero-order chi connectivity index (χ0) is 17.9. The predicted molar refractivity (Wildman–Crippen MR) is 106 cm³/mol. The summed E-state index contributed by atoms with van der Waals surface area (Å²) in [5, 5.41) is 8.99. The average Bonchev–Trinajstić information content (AvgIpc) is 2.67. The first kappa shape index (κ1) is 16.6. The molecule has 1 atom stereocenters. The second kappa shape index (κ2) is 7.16. The number of aryl methyl sites for hydroxylation is 1. The highest BCUT2D eigenvalue weighted by atomic mass is 16.1. The lowest BCUT2D eigenvalue weighted by molar-refractivity contribution is 0.0946. The maximum Gasteiger partial charge on any atom is 0.251 e. The maximum absolute atomic E-state index is 12.0. The highest BCUT2D eigenvalue weighted by Crippen LogP contribution is 2.25. The van der Waals surface area contributed by atoms with Crippen LogP contribution in [0.2, 0.25) is 0 Å². The van der Waals surface area contributed by atoms with Gasteiger partial charge in [0, 0.05) is 41.6 Å². The molecule has 26 heavy (non-hydrogen) atoms. The molecule has 2 heterocycles. The van der Waals surface area contributed by atoms with Gasteiger partial charge in [0.2, 0.25) is 0 Å². The second-order valence-corrected chi connectivity index (χ2v) is 6.94. The van der Waals surface area contributed by atoms with E-state index in [9.17, 15) is 4.79 Å². The standard InChI is InChI=1S/C22H23N3O/c1-15(9-10-17-14-23-13-16-5-2-3-6-18(16)17)25-21-8-4-7-20-19(21)11-12-24-22(20)26/h2-8,13-15,25H,9-12H2,1H3,(H,24,26). The minimum atomic E-state index is 0.0318. The van der Waals surface area contributed by atoms with E-state index >= 15 is 0 Å². The van der Waals surface area contributed by atoms with Gasteiger partial charge in [-0.25, -0.2) is 0 Å². The molecule has 0 radical (unpaired) electrons. The Morgan fingerprint density at radius 3 is 2.96 bits per heavy atom. The largest absolute Gasteiger partial charge is 0.382 e. The van der Waals surface area contributed by atoms with E-state index in [1.165, 1.54) is 16.3 Å². The van der Waals surface area contributed by atoms with Gasteiger partial charge in [-0.2, -0.15) is 0 Å².